The molecule has 0 saturated carbocycles. The molecule has 24 heavy (non-hydrogen) atoms. The molecule has 2 aromatic rings. The topological polar surface area (TPSA) is 58.6 Å². The van der Waals surface area contributed by atoms with E-state index in [1.807, 2.05) is 51.1 Å². The lowest BCUT2D eigenvalue weighted by Gasteiger charge is -2.29. The second-order valence-corrected chi connectivity index (χ2v) is 6.06. The zero-order valence-corrected chi connectivity index (χ0v) is 14.1. The molecule has 0 spiro atoms. The minimum Gasteiger partial charge on any atom is -0.483 e. The largest absolute Gasteiger partial charge is 0.483 e. The lowest BCUT2D eigenvalue weighted by Crippen LogP contribution is -2.44. The van der Waals surface area contributed by atoms with Gasteiger partial charge in [0.25, 0.3) is 5.91 Å². The van der Waals surface area contributed by atoms with Crippen molar-refractivity contribution in [3.63, 3.8) is 0 Å². The predicted octanol–water partition coefficient (Wildman–Crippen LogP) is 2.98. The average molecular weight is 324 g/mol. The number of hydrogen-bond acceptors (Lipinski definition) is 3. The minimum absolute atomic E-state index is 0.00503. The summed E-state index contributed by atoms with van der Waals surface area (Å²) >= 11 is 0. The second-order valence-electron chi connectivity index (χ2n) is 6.06. The molecule has 1 aliphatic rings. The van der Waals surface area contributed by atoms with E-state index in [0.717, 1.165) is 22.4 Å². The van der Waals surface area contributed by atoms with E-state index in [9.17, 15) is 9.59 Å². The van der Waals surface area contributed by atoms with Crippen molar-refractivity contribution in [2.75, 3.05) is 23.4 Å². The molecule has 3 rings (SSSR count). The van der Waals surface area contributed by atoms with Gasteiger partial charge in [-0.3, -0.25) is 14.5 Å². The van der Waals surface area contributed by atoms with Gasteiger partial charge in [-0.2, -0.15) is 0 Å². The SMILES string of the molecule is Cc1cc(C)c(OCC(=O)N2CC(=O)Nc3ccccc32)c(C)c1. The number of para-hydroxylation sites is 2. The van der Waals surface area contributed by atoms with Gasteiger partial charge in [0.1, 0.15) is 12.3 Å². The number of nitrogens with zero attached hydrogens (tertiary/aromatic N) is 1. The van der Waals surface area contributed by atoms with Crippen LogP contribution in [0, 0.1) is 20.8 Å². The third-order valence-electron chi connectivity index (χ3n) is 4.02. The van der Waals surface area contributed by atoms with Crippen molar-refractivity contribution >= 4 is 23.2 Å². The molecule has 0 atom stereocenters. The Balaban J connectivity index is 1.78. The number of nitrogens with one attached hydrogen (secondary N) is 1. The number of hydrogen-bond donors (Lipinski definition) is 1. The Hall–Kier alpha value is -2.82. The summed E-state index contributed by atoms with van der Waals surface area (Å²) in [5.74, 6) is 0.283. The first-order valence-corrected chi connectivity index (χ1v) is 7.85. The van der Waals surface area contributed by atoms with Crippen LogP contribution in [-0.2, 0) is 9.59 Å². The summed E-state index contributed by atoms with van der Waals surface area (Å²) in [6, 6.07) is 11.3. The Morgan fingerprint density at radius 1 is 1.17 bits per heavy atom. The fourth-order valence-corrected chi connectivity index (χ4v) is 3.06. The first kappa shape index (κ1) is 16.1. The molecule has 0 bridgehead atoms. The van der Waals surface area contributed by atoms with Crippen LogP contribution in [-0.4, -0.2) is 25.0 Å². The summed E-state index contributed by atoms with van der Waals surface area (Å²) in [6.07, 6.45) is 0. The molecule has 1 aliphatic heterocycles. The van der Waals surface area contributed by atoms with Gasteiger partial charge in [0, 0.05) is 0 Å². The number of carbonyl (C=O) groups excluding carboxylic acids is 2. The van der Waals surface area contributed by atoms with Crippen LogP contribution in [0.15, 0.2) is 36.4 Å². The van der Waals surface area contributed by atoms with E-state index in [4.69, 9.17) is 4.74 Å². The molecule has 0 fully saturated rings. The van der Waals surface area contributed by atoms with E-state index in [-0.39, 0.29) is 25.0 Å². The van der Waals surface area contributed by atoms with Gasteiger partial charge in [0.05, 0.1) is 11.4 Å². The fraction of sp³-hybridized carbons (Fsp3) is 0.263. The Labute approximate surface area is 141 Å². The standard InChI is InChI=1S/C19H20N2O3/c1-12-8-13(2)19(14(3)9-12)24-11-18(23)21-10-17(22)20-15-6-4-5-7-16(15)21/h4-9H,10-11H2,1-3H3,(H,20,22). The monoisotopic (exact) mass is 324 g/mol. The third-order valence-corrected chi connectivity index (χ3v) is 4.02. The molecule has 0 unspecified atom stereocenters. The smallest absolute Gasteiger partial charge is 0.265 e. The molecule has 0 aromatic heterocycles. The van der Waals surface area contributed by atoms with Gasteiger partial charge in [-0.15, -0.1) is 0 Å². The maximum absolute atomic E-state index is 12.6. The zero-order valence-electron chi connectivity index (χ0n) is 14.1. The molecule has 1 heterocycles. The minimum atomic E-state index is -0.239. The molecule has 5 nitrogen and oxygen atoms in total. The van der Waals surface area contributed by atoms with Crippen molar-refractivity contribution < 1.29 is 14.3 Å². The van der Waals surface area contributed by atoms with E-state index in [1.54, 1.807) is 6.07 Å². The van der Waals surface area contributed by atoms with Crippen molar-refractivity contribution in [1.29, 1.82) is 0 Å². The van der Waals surface area contributed by atoms with Gasteiger partial charge >= 0.3 is 0 Å². The average Bonchev–Trinajstić information content (AvgIpc) is 2.52. The molecule has 5 heteroatoms. The van der Waals surface area contributed by atoms with Crippen molar-refractivity contribution in [1.82, 2.24) is 0 Å². The third kappa shape index (κ3) is 3.11. The lowest BCUT2D eigenvalue weighted by molar-refractivity contribution is -0.123. The predicted molar refractivity (Wildman–Crippen MR) is 93.6 cm³/mol. The molecule has 124 valence electrons. The summed E-state index contributed by atoms with van der Waals surface area (Å²) in [7, 11) is 0. The van der Waals surface area contributed by atoms with Crippen LogP contribution >= 0.6 is 0 Å². The molecule has 0 saturated heterocycles. The zero-order chi connectivity index (χ0) is 17.3. The molecular formula is C19H20N2O3. The van der Waals surface area contributed by atoms with Crippen molar-refractivity contribution in [3.8, 4) is 5.75 Å². The van der Waals surface area contributed by atoms with Gasteiger partial charge in [0.2, 0.25) is 5.91 Å². The van der Waals surface area contributed by atoms with E-state index in [2.05, 4.69) is 5.32 Å². The highest BCUT2D eigenvalue weighted by molar-refractivity contribution is 6.10. The number of aryl methyl sites for hydroxylation is 3. The second kappa shape index (κ2) is 6.35. The molecule has 0 radical (unpaired) electrons. The van der Waals surface area contributed by atoms with Crippen LogP contribution < -0.4 is 15.0 Å². The van der Waals surface area contributed by atoms with Crippen molar-refractivity contribution in [2.45, 2.75) is 20.8 Å². The Bertz CT molecular complexity index is 791. The molecule has 0 aliphatic carbocycles. The number of fused-ring (bicyclic) bond motifs is 1. The van der Waals surface area contributed by atoms with Crippen molar-refractivity contribution in [2.24, 2.45) is 0 Å². The first-order chi connectivity index (χ1) is 11.5. The summed E-state index contributed by atoms with van der Waals surface area (Å²) in [6.45, 7) is 5.85. The maximum Gasteiger partial charge on any atom is 0.265 e. The molecule has 1 N–H and O–H groups in total. The van der Waals surface area contributed by atoms with Crippen LogP contribution in [0.1, 0.15) is 16.7 Å². The van der Waals surface area contributed by atoms with Gasteiger partial charge in [0.15, 0.2) is 6.61 Å². The molecular weight excluding hydrogens is 304 g/mol. The number of carbonyl (C=O) groups is 2. The fourth-order valence-electron chi connectivity index (χ4n) is 3.06. The highest BCUT2D eigenvalue weighted by atomic mass is 16.5. The Morgan fingerprint density at radius 2 is 1.83 bits per heavy atom. The van der Waals surface area contributed by atoms with Crippen LogP contribution in [0.3, 0.4) is 0 Å². The summed E-state index contributed by atoms with van der Waals surface area (Å²) < 4.78 is 5.76. The highest BCUT2D eigenvalue weighted by Crippen LogP contribution is 2.29. The number of ether oxygens (including phenoxy) is 1. The Morgan fingerprint density at radius 3 is 2.54 bits per heavy atom. The highest BCUT2D eigenvalue weighted by Gasteiger charge is 2.26. The normalized spacial score (nSPS) is 13.3. The lowest BCUT2D eigenvalue weighted by atomic mass is 10.1. The van der Waals surface area contributed by atoms with Gasteiger partial charge in [-0.1, -0.05) is 29.8 Å². The molecule has 2 aromatic carbocycles. The van der Waals surface area contributed by atoms with E-state index in [0.29, 0.717) is 11.4 Å². The van der Waals surface area contributed by atoms with Gasteiger partial charge in [-0.05, 0) is 44.0 Å². The van der Waals surface area contributed by atoms with E-state index >= 15 is 0 Å². The number of rotatable bonds is 3. The van der Waals surface area contributed by atoms with Crippen LogP contribution in [0.25, 0.3) is 0 Å². The van der Waals surface area contributed by atoms with E-state index < -0.39 is 0 Å². The maximum atomic E-state index is 12.6. The van der Waals surface area contributed by atoms with Gasteiger partial charge < -0.3 is 10.1 Å². The van der Waals surface area contributed by atoms with E-state index in [1.165, 1.54) is 4.90 Å². The van der Waals surface area contributed by atoms with Crippen LogP contribution in [0.2, 0.25) is 0 Å². The van der Waals surface area contributed by atoms with Crippen LogP contribution in [0.5, 0.6) is 5.75 Å². The Kier molecular flexibility index (Phi) is 4.25. The molecule has 2 amide bonds. The number of amides is 2. The number of anilines is 2. The van der Waals surface area contributed by atoms with Crippen LogP contribution in [0.4, 0.5) is 11.4 Å². The quantitative estimate of drug-likeness (QED) is 0.944. The summed E-state index contributed by atoms with van der Waals surface area (Å²) in [5, 5.41) is 2.77. The first-order valence-electron chi connectivity index (χ1n) is 7.85. The summed E-state index contributed by atoms with van der Waals surface area (Å²) in [5.41, 5.74) is 4.49. The summed E-state index contributed by atoms with van der Waals surface area (Å²) in [4.78, 5) is 25.9. The van der Waals surface area contributed by atoms with Crippen molar-refractivity contribution in [3.05, 3.63) is 53.1 Å². The van der Waals surface area contributed by atoms with Gasteiger partial charge in [-0.25, -0.2) is 0 Å². The number of benzene rings is 2.